The van der Waals surface area contributed by atoms with Crippen molar-refractivity contribution in [1.82, 2.24) is 20.5 Å². The Morgan fingerprint density at radius 3 is 1.93 bits per heavy atom. The van der Waals surface area contributed by atoms with E-state index in [1.165, 1.54) is 12.8 Å². The highest BCUT2D eigenvalue weighted by molar-refractivity contribution is 5.97. The Labute approximate surface area is 271 Å². The predicted molar refractivity (Wildman–Crippen MR) is 176 cm³/mol. The van der Waals surface area contributed by atoms with Crippen molar-refractivity contribution in [2.24, 2.45) is 18.5 Å². The minimum absolute atomic E-state index is 0.0871. The predicted octanol–water partition coefficient (Wildman–Crippen LogP) is 2.57. The first kappa shape index (κ1) is 39.6. The molecule has 0 radical (unpaired) electrons. The monoisotopic (exact) mass is 644 g/mol. The van der Waals surface area contributed by atoms with Crippen LogP contribution < -0.4 is 27.4 Å². The zero-order chi connectivity index (χ0) is 34.6. The highest BCUT2D eigenvalue weighted by Gasteiger charge is 2.31. The number of carboxylic acids is 1. The van der Waals surface area contributed by atoms with E-state index in [0.29, 0.717) is 6.42 Å². The maximum absolute atomic E-state index is 13.5. The summed E-state index contributed by atoms with van der Waals surface area (Å²) in [5.74, 6) is -5.53. The van der Waals surface area contributed by atoms with E-state index < -0.39 is 60.6 Å². The second kappa shape index (κ2) is 21.3. The summed E-state index contributed by atoms with van der Waals surface area (Å²) in [6.07, 6.45) is 9.13. The molecule has 0 aliphatic rings. The number of hydrogen-bond donors (Lipinski definition) is 6. The third-order valence-electron chi connectivity index (χ3n) is 7.14. The molecule has 0 fully saturated rings. The number of carbonyl (C=O) groups excluding carboxylic acids is 5. The van der Waals surface area contributed by atoms with Crippen LogP contribution in [-0.4, -0.2) is 63.3 Å². The lowest BCUT2D eigenvalue weighted by Crippen LogP contribution is -2.57. The van der Waals surface area contributed by atoms with Gasteiger partial charge in [-0.2, -0.15) is 0 Å². The first-order chi connectivity index (χ1) is 21.8. The zero-order valence-electron chi connectivity index (χ0n) is 27.6. The van der Waals surface area contributed by atoms with Crippen molar-refractivity contribution in [2.75, 3.05) is 0 Å². The molecule has 0 aliphatic heterocycles. The highest BCUT2D eigenvalue weighted by Crippen LogP contribution is 2.22. The van der Waals surface area contributed by atoms with E-state index >= 15 is 0 Å². The summed E-state index contributed by atoms with van der Waals surface area (Å²) in [4.78, 5) is 73.9. The lowest BCUT2D eigenvalue weighted by atomic mass is 10.0. The fourth-order valence-electron chi connectivity index (χ4n) is 4.88. The van der Waals surface area contributed by atoms with Gasteiger partial charge in [0.1, 0.15) is 18.1 Å². The van der Waals surface area contributed by atoms with Crippen molar-refractivity contribution in [3.05, 3.63) is 36.0 Å². The molecule has 0 spiro atoms. The smallest absolute Gasteiger partial charge is 0.305 e. The van der Waals surface area contributed by atoms with Gasteiger partial charge >= 0.3 is 5.97 Å². The standard InChI is InChI=1S/C30H44N6O7.C3H8/c1-3-4-5-6-7-8-9-14-26(38)33-22(15-19-18-36(2)24-13-11-10-12-20(19)24)29(42)35-23(16-25(31)37)30(43)34-21(28(32)41)17-27(39)40;1-3-2/h10-13,18,21-23H,3-9,14-17H2,1-2H3,(H2,31,37)(H2,32,41)(H,33,38)(H,34,43)(H,35,42)(H,39,40);3H2,1-2H3. The average molecular weight is 645 g/mol. The summed E-state index contributed by atoms with van der Waals surface area (Å²) < 4.78 is 1.90. The summed E-state index contributed by atoms with van der Waals surface area (Å²) >= 11 is 0. The number of nitrogens with two attached hydrogens (primary N) is 2. The lowest BCUT2D eigenvalue weighted by Gasteiger charge is -2.24. The maximum atomic E-state index is 13.5. The van der Waals surface area contributed by atoms with Gasteiger partial charge in [0.25, 0.3) is 0 Å². The molecule has 0 bridgehead atoms. The Balaban J connectivity index is 0.00000338. The molecular formula is C33H52N6O7. The molecule has 13 nitrogen and oxygen atoms in total. The highest BCUT2D eigenvalue weighted by atomic mass is 16.4. The molecule has 3 unspecified atom stereocenters. The molecule has 46 heavy (non-hydrogen) atoms. The SMILES string of the molecule is CCC.CCCCCCCCCC(=O)NC(Cc1cn(C)c2ccccc12)C(=O)NC(CC(N)=O)C(=O)NC(CC(=O)O)C(N)=O. The van der Waals surface area contributed by atoms with Crippen molar-refractivity contribution < 1.29 is 33.9 Å². The van der Waals surface area contributed by atoms with Gasteiger partial charge in [-0.3, -0.25) is 28.8 Å². The van der Waals surface area contributed by atoms with Crippen molar-refractivity contribution in [2.45, 2.75) is 116 Å². The van der Waals surface area contributed by atoms with Crippen molar-refractivity contribution >= 4 is 46.4 Å². The number of primary amides is 2. The maximum Gasteiger partial charge on any atom is 0.305 e. The molecule has 1 aromatic heterocycles. The van der Waals surface area contributed by atoms with Gasteiger partial charge in [0.2, 0.25) is 29.5 Å². The molecule has 1 aromatic carbocycles. The van der Waals surface area contributed by atoms with Crippen LogP contribution in [0.1, 0.15) is 97.0 Å². The number of aromatic nitrogens is 1. The zero-order valence-corrected chi connectivity index (χ0v) is 27.6. The normalized spacial score (nSPS) is 12.6. The average Bonchev–Trinajstić information content (AvgIpc) is 3.30. The van der Waals surface area contributed by atoms with Crippen LogP contribution >= 0.6 is 0 Å². The first-order valence-electron chi connectivity index (χ1n) is 16.1. The summed E-state index contributed by atoms with van der Waals surface area (Å²) in [6, 6.07) is 3.33. The second-order valence-electron chi connectivity index (χ2n) is 11.5. The number of rotatable bonds is 20. The third kappa shape index (κ3) is 14.6. The van der Waals surface area contributed by atoms with Crippen LogP contribution in [-0.2, 0) is 42.2 Å². The van der Waals surface area contributed by atoms with E-state index in [1.54, 1.807) is 0 Å². The second-order valence-corrected chi connectivity index (χ2v) is 11.5. The fourth-order valence-corrected chi connectivity index (χ4v) is 4.88. The van der Waals surface area contributed by atoms with Crippen LogP contribution in [0.3, 0.4) is 0 Å². The minimum atomic E-state index is -1.58. The van der Waals surface area contributed by atoms with Gasteiger partial charge in [-0.25, -0.2) is 0 Å². The van der Waals surface area contributed by atoms with Gasteiger partial charge in [-0.05, 0) is 18.1 Å². The Hall–Kier alpha value is -4.42. The largest absolute Gasteiger partial charge is 0.481 e. The number of hydrogen-bond acceptors (Lipinski definition) is 6. The van der Waals surface area contributed by atoms with Crippen LogP contribution in [0.4, 0.5) is 0 Å². The Kier molecular flexibility index (Phi) is 18.4. The van der Waals surface area contributed by atoms with Crippen LogP contribution in [0.5, 0.6) is 0 Å². The number of aryl methyl sites for hydroxylation is 1. The molecule has 8 N–H and O–H groups in total. The van der Waals surface area contributed by atoms with Gasteiger partial charge < -0.3 is 37.1 Å². The van der Waals surface area contributed by atoms with Crippen molar-refractivity contribution in [1.29, 1.82) is 0 Å². The van der Waals surface area contributed by atoms with E-state index in [-0.39, 0.29) is 18.7 Å². The number of unbranched alkanes of at least 4 members (excludes halogenated alkanes) is 6. The van der Waals surface area contributed by atoms with E-state index in [1.807, 2.05) is 42.1 Å². The lowest BCUT2D eigenvalue weighted by molar-refractivity contribution is -0.140. The van der Waals surface area contributed by atoms with Gasteiger partial charge in [-0.15, -0.1) is 0 Å². The number of nitrogens with one attached hydrogen (secondary N) is 3. The van der Waals surface area contributed by atoms with Gasteiger partial charge in [0.05, 0.1) is 12.8 Å². The van der Waals surface area contributed by atoms with Crippen molar-refractivity contribution in [3.8, 4) is 0 Å². The van der Waals surface area contributed by atoms with Gasteiger partial charge in [0.15, 0.2) is 0 Å². The molecule has 0 saturated heterocycles. The summed E-state index contributed by atoms with van der Waals surface area (Å²) in [5.41, 5.74) is 12.2. The number of benzene rings is 1. The number of carbonyl (C=O) groups is 6. The molecule has 0 saturated carbocycles. The summed E-state index contributed by atoms with van der Waals surface area (Å²) in [7, 11) is 1.86. The van der Waals surface area contributed by atoms with E-state index in [9.17, 15) is 28.8 Å². The third-order valence-corrected chi connectivity index (χ3v) is 7.14. The molecule has 2 aromatic rings. The topological polar surface area (TPSA) is 216 Å². The molecule has 3 atom stereocenters. The Morgan fingerprint density at radius 1 is 0.783 bits per heavy atom. The number of para-hydroxylation sites is 1. The Bertz CT molecular complexity index is 1310. The summed E-state index contributed by atoms with van der Waals surface area (Å²) in [5, 5.41) is 17.3. The number of nitrogens with zero attached hydrogens (tertiary/aromatic N) is 1. The number of aliphatic carboxylic acids is 1. The van der Waals surface area contributed by atoms with Crippen LogP contribution in [0, 0.1) is 0 Å². The molecule has 2 rings (SSSR count). The minimum Gasteiger partial charge on any atom is -0.481 e. The molecular weight excluding hydrogens is 592 g/mol. The van der Waals surface area contributed by atoms with Gasteiger partial charge in [-0.1, -0.05) is 83.9 Å². The summed E-state index contributed by atoms with van der Waals surface area (Å²) in [6.45, 7) is 6.40. The molecule has 1 heterocycles. The molecule has 256 valence electrons. The number of carboxylic acid groups (broad SMARTS) is 1. The van der Waals surface area contributed by atoms with Crippen LogP contribution in [0.15, 0.2) is 30.5 Å². The van der Waals surface area contributed by atoms with E-state index in [4.69, 9.17) is 16.6 Å². The van der Waals surface area contributed by atoms with E-state index in [0.717, 1.165) is 48.6 Å². The fraction of sp³-hybridized carbons (Fsp3) is 0.576. The molecule has 0 aliphatic carbocycles. The van der Waals surface area contributed by atoms with Crippen LogP contribution in [0.2, 0.25) is 0 Å². The van der Waals surface area contributed by atoms with E-state index in [2.05, 4.69) is 36.7 Å². The first-order valence-corrected chi connectivity index (χ1v) is 16.1. The Morgan fingerprint density at radius 2 is 1.35 bits per heavy atom. The molecule has 13 heteroatoms. The number of amides is 5. The molecule has 5 amide bonds. The van der Waals surface area contributed by atoms with Gasteiger partial charge in [0, 0.05) is 37.0 Å². The quantitative estimate of drug-likeness (QED) is 0.118. The van der Waals surface area contributed by atoms with Crippen molar-refractivity contribution in [3.63, 3.8) is 0 Å². The number of fused-ring (bicyclic) bond motifs is 1. The van der Waals surface area contributed by atoms with Crippen LogP contribution in [0.25, 0.3) is 10.9 Å².